The first-order valence-corrected chi connectivity index (χ1v) is 6.99. The summed E-state index contributed by atoms with van der Waals surface area (Å²) in [5, 5.41) is 8.71. The van der Waals surface area contributed by atoms with Crippen molar-refractivity contribution < 1.29 is 14.7 Å². The first-order chi connectivity index (χ1) is 9.82. The molecule has 0 radical (unpaired) electrons. The summed E-state index contributed by atoms with van der Waals surface area (Å²) in [6.45, 7) is 4.68. The van der Waals surface area contributed by atoms with E-state index in [0.717, 1.165) is 5.82 Å². The Morgan fingerprint density at radius 3 is 2.38 bits per heavy atom. The molecular weight excluding hydrogens is 270 g/mol. The highest BCUT2D eigenvalue weighted by Crippen LogP contribution is 2.16. The molecule has 0 saturated heterocycles. The molecule has 0 bridgehead atoms. The molecule has 6 nitrogen and oxygen atoms in total. The topological polar surface area (TPSA) is 73.7 Å². The fourth-order valence-corrected chi connectivity index (χ4v) is 1.98. The monoisotopic (exact) mass is 293 g/mol. The van der Waals surface area contributed by atoms with Crippen LogP contribution in [0.5, 0.6) is 0 Å². The summed E-state index contributed by atoms with van der Waals surface area (Å²) >= 11 is 0. The van der Waals surface area contributed by atoms with Gasteiger partial charge in [0.15, 0.2) is 0 Å². The van der Waals surface area contributed by atoms with Crippen LogP contribution in [0.25, 0.3) is 0 Å². The highest BCUT2D eigenvalue weighted by atomic mass is 16.4. The van der Waals surface area contributed by atoms with Gasteiger partial charge in [-0.2, -0.15) is 0 Å². The third-order valence-electron chi connectivity index (χ3n) is 3.11. The van der Waals surface area contributed by atoms with Gasteiger partial charge in [0.25, 0.3) is 5.91 Å². The Bertz CT molecular complexity index is 483. The Hall–Kier alpha value is -2.11. The summed E-state index contributed by atoms with van der Waals surface area (Å²) in [5.41, 5.74) is 0.540. The molecule has 0 atom stereocenters. The summed E-state index contributed by atoms with van der Waals surface area (Å²) in [4.78, 5) is 30.3. The number of pyridine rings is 1. The lowest BCUT2D eigenvalue weighted by molar-refractivity contribution is -0.137. The van der Waals surface area contributed by atoms with Gasteiger partial charge in [-0.05, 0) is 32.4 Å². The van der Waals surface area contributed by atoms with Crippen LogP contribution < -0.4 is 4.90 Å². The molecule has 0 fully saturated rings. The standard InChI is InChI=1S/C15H23N3O3/c1-11(2)18(9-5-6-14(19)20)13-8-7-12(10-16-13)15(21)17(3)4/h7-8,10-11H,5-6,9H2,1-4H3,(H,19,20). The van der Waals surface area contributed by atoms with Gasteiger partial charge in [0, 0.05) is 39.3 Å². The minimum atomic E-state index is -0.793. The van der Waals surface area contributed by atoms with E-state index in [0.29, 0.717) is 18.5 Å². The number of hydrogen-bond acceptors (Lipinski definition) is 4. The molecule has 1 rings (SSSR count). The smallest absolute Gasteiger partial charge is 0.303 e. The van der Waals surface area contributed by atoms with Crippen molar-refractivity contribution in [2.24, 2.45) is 0 Å². The number of carboxylic acid groups (broad SMARTS) is 1. The normalized spacial score (nSPS) is 10.5. The second-order valence-corrected chi connectivity index (χ2v) is 5.39. The van der Waals surface area contributed by atoms with Crippen LogP contribution in [-0.4, -0.2) is 53.5 Å². The van der Waals surface area contributed by atoms with E-state index in [1.54, 1.807) is 32.4 Å². The number of amides is 1. The second kappa shape index (κ2) is 7.61. The van der Waals surface area contributed by atoms with Gasteiger partial charge in [-0.15, -0.1) is 0 Å². The van der Waals surface area contributed by atoms with Crippen LogP contribution in [0.15, 0.2) is 18.3 Å². The fourth-order valence-electron chi connectivity index (χ4n) is 1.98. The zero-order valence-electron chi connectivity index (χ0n) is 13.0. The van der Waals surface area contributed by atoms with Crippen molar-refractivity contribution in [2.75, 3.05) is 25.5 Å². The third kappa shape index (κ3) is 5.06. The number of carbonyl (C=O) groups excluding carboxylic acids is 1. The van der Waals surface area contributed by atoms with Gasteiger partial charge in [0.1, 0.15) is 5.82 Å². The van der Waals surface area contributed by atoms with E-state index in [2.05, 4.69) is 4.98 Å². The molecule has 0 aliphatic heterocycles. The third-order valence-corrected chi connectivity index (χ3v) is 3.11. The van der Waals surface area contributed by atoms with Crippen molar-refractivity contribution in [3.63, 3.8) is 0 Å². The van der Waals surface area contributed by atoms with Gasteiger partial charge in [-0.1, -0.05) is 0 Å². The number of aliphatic carboxylic acids is 1. The van der Waals surface area contributed by atoms with Gasteiger partial charge in [-0.3, -0.25) is 9.59 Å². The molecule has 0 aliphatic rings. The molecule has 0 spiro atoms. The molecule has 6 heteroatoms. The van der Waals surface area contributed by atoms with Crippen LogP contribution in [0.3, 0.4) is 0 Å². The van der Waals surface area contributed by atoms with Crippen molar-refractivity contribution in [3.05, 3.63) is 23.9 Å². The van der Waals surface area contributed by atoms with Crippen LogP contribution in [0.1, 0.15) is 37.0 Å². The number of rotatable bonds is 7. The highest BCUT2D eigenvalue weighted by Gasteiger charge is 2.14. The molecule has 1 heterocycles. The average molecular weight is 293 g/mol. The zero-order valence-corrected chi connectivity index (χ0v) is 13.0. The average Bonchev–Trinajstić information content (AvgIpc) is 2.42. The Kier molecular flexibility index (Phi) is 6.14. The summed E-state index contributed by atoms with van der Waals surface area (Å²) in [6, 6.07) is 3.76. The molecule has 1 aromatic rings. The van der Waals surface area contributed by atoms with Crippen molar-refractivity contribution in [2.45, 2.75) is 32.7 Å². The van der Waals surface area contributed by atoms with Crippen LogP contribution in [0.4, 0.5) is 5.82 Å². The van der Waals surface area contributed by atoms with Crippen LogP contribution >= 0.6 is 0 Å². The number of carboxylic acids is 1. The molecule has 0 aromatic carbocycles. The first-order valence-electron chi connectivity index (χ1n) is 6.99. The predicted molar refractivity (Wildman–Crippen MR) is 81.6 cm³/mol. The van der Waals surface area contributed by atoms with E-state index in [4.69, 9.17) is 5.11 Å². The van der Waals surface area contributed by atoms with Crippen molar-refractivity contribution >= 4 is 17.7 Å². The lowest BCUT2D eigenvalue weighted by Crippen LogP contribution is -2.33. The van der Waals surface area contributed by atoms with Gasteiger partial charge in [0.2, 0.25) is 0 Å². The number of nitrogens with zero attached hydrogens (tertiary/aromatic N) is 3. The Morgan fingerprint density at radius 2 is 1.95 bits per heavy atom. The Balaban J connectivity index is 2.80. The summed E-state index contributed by atoms with van der Waals surface area (Å²) in [5.74, 6) is -0.125. The summed E-state index contributed by atoms with van der Waals surface area (Å²) in [7, 11) is 3.39. The number of aromatic nitrogens is 1. The highest BCUT2D eigenvalue weighted by molar-refractivity contribution is 5.93. The quantitative estimate of drug-likeness (QED) is 0.830. The minimum Gasteiger partial charge on any atom is -0.481 e. The van der Waals surface area contributed by atoms with Crippen LogP contribution in [0.2, 0.25) is 0 Å². The Labute approximate surface area is 125 Å². The molecular formula is C15H23N3O3. The van der Waals surface area contributed by atoms with E-state index in [-0.39, 0.29) is 18.4 Å². The van der Waals surface area contributed by atoms with Crippen LogP contribution in [-0.2, 0) is 4.79 Å². The van der Waals surface area contributed by atoms with Crippen molar-refractivity contribution in [1.82, 2.24) is 9.88 Å². The maximum atomic E-state index is 11.8. The SMILES string of the molecule is CC(C)N(CCCC(=O)O)c1ccc(C(=O)N(C)C)cn1. The molecule has 0 unspecified atom stereocenters. The maximum Gasteiger partial charge on any atom is 0.303 e. The Morgan fingerprint density at radius 1 is 1.29 bits per heavy atom. The molecule has 1 N–H and O–H groups in total. The van der Waals surface area contributed by atoms with Crippen molar-refractivity contribution in [1.29, 1.82) is 0 Å². The largest absolute Gasteiger partial charge is 0.481 e. The maximum absolute atomic E-state index is 11.8. The molecule has 0 aliphatic carbocycles. The van der Waals surface area contributed by atoms with Crippen LogP contribution in [0, 0.1) is 0 Å². The zero-order chi connectivity index (χ0) is 16.0. The molecule has 1 aromatic heterocycles. The van der Waals surface area contributed by atoms with E-state index < -0.39 is 5.97 Å². The van der Waals surface area contributed by atoms with E-state index in [1.165, 1.54) is 4.90 Å². The van der Waals surface area contributed by atoms with Crippen molar-refractivity contribution in [3.8, 4) is 0 Å². The molecule has 1 amide bonds. The second-order valence-electron chi connectivity index (χ2n) is 5.39. The number of carbonyl (C=O) groups is 2. The lowest BCUT2D eigenvalue weighted by Gasteiger charge is -2.27. The molecule has 21 heavy (non-hydrogen) atoms. The summed E-state index contributed by atoms with van der Waals surface area (Å²) in [6.07, 6.45) is 2.26. The van der Waals surface area contributed by atoms with E-state index >= 15 is 0 Å². The van der Waals surface area contributed by atoms with E-state index in [1.807, 2.05) is 18.7 Å². The number of anilines is 1. The summed E-state index contributed by atoms with van der Waals surface area (Å²) < 4.78 is 0. The van der Waals surface area contributed by atoms with Gasteiger partial charge in [-0.25, -0.2) is 4.98 Å². The van der Waals surface area contributed by atoms with E-state index in [9.17, 15) is 9.59 Å². The van der Waals surface area contributed by atoms with Gasteiger partial charge in [0.05, 0.1) is 5.56 Å². The molecule has 116 valence electrons. The molecule has 0 saturated carbocycles. The minimum absolute atomic E-state index is 0.0870. The lowest BCUT2D eigenvalue weighted by atomic mass is 10.2. The first kappa shape index (κ1) is 16.9. The fraction of sp³-hybridized carbons (Fsp3) is 0.533. The van der Waals surface area contributed by atoms with Gasteiger partial charge < -0.3 is 14.9 Å². The number of hydrogen-bond donors (Lipinski definition) is 1. The van der Waals surface area contributed by atoms with Gasteiger partial charge >= 0.3 is 5.97 Å². The predicted octanol–water partition coefficient (Wildman–Crippen LogP) is 1.86.